The minimum absolute atomic E-state index is 0.345. The van der Waals surface area contributed by atoms with Gasteiger partial charge in [0.15, 0.2) is 0 Å². The number of fused-ring (bicyclic) bond motifs is 1. The second-order valence-corrected chi connectivity index (χ2v) is 6.91. The molecule has 2 aliphatic rings. The molecule has 110 valence electrons. The number of benzene rings is 1. The van der Waals surface area contributed by atoms with Crippen LogP contribution in [0.4, 0.5) is 5.88 Å². The van der Waals surface area contributed by atoms with Gasteiger partial charge in [0.2, 0.25) is 5.88 Å². The molecule has 1 heterocycles. The first-order valence-electron chi connectivity index (χ1n) is 7.37. The SMILES string of the molecule is Nc1onc(C2C3CCCCC32)c1-c1ccc(Cl)cc1Cl. The molecule has 2 atom stereocenters. The molecule has 2 aliphatic carbocycles. The van der Waals surface area contributed by atoms with Gasteiger partial charge in [-0.1, -0.05) is 47.3 Å². The van der Waals surface area contributed by atoms with Crippen molar-refractivity contribution in [2.75, 3.05) is 5.73 Å². The van der Waals surface area contributed by atoms with Gasteiger partial charge in [-0.05, 0) is 36.8 Å². The van der Waals surface area contributed by atoms with Crippen LogP contribution in [0.1, 0.15) is 37.3 Å². The maximum Gasteiger partial charge on any atom is 0.230 e. The Morgan fingerprint density at radius 2 is 1.86 bits per heavy atom. The molecule has 4 rings (SSSR count). The highest BCUT2D eigenvalue weighted by atomic mass is 35.5. The van der Waals surface area contributed by atoms with Gasteiger partial charge in [0.05, 0.1) is 16.3 Å². The van der Waals surface area contributed by atoms with Crippen LogP contribution in [0.2, 0.25) is 10.0 Å². The van der Waals surface area contributed by atoms with Crippen molar-refractivity contribution in [1.29, 1.82) is 0 Å². The Bertz CT molecular complexity index is 686. The van der Waals surface area contributed by atoms with E-state index >= 15 is 0 Å². The van der Waals surface area contributed by atoms with Crippen molar-refractivity contribution in [1.82, 2.24) is 5.16 Å². The third kappa shape index (κ3) is 2.14. The van der Waals surface area contributed by atoms with Crippen molar-refractivity contribution in [3.05, 3.63) is 33.9 Å². The van der Waals surface area contributed by atoms with Crippen molar-refractivity contribution in [2.24, 2.45) is 11.8 Å². The van der Waals surface area contributed by atoms with Gasteiger partial charge < -0.3 is 10.3 Å². The highest BCUT2D eigenvalue weighted by Gasteiger charge is 2.54. The van der Waals surface area contributed by atoms with Crippen LogP contribution in [0.3, 0.4) is 0 Å². The van der Waals surface area contributed by atoms with Gasteiger partial charge >= 0.3 is 0 Å². The van der Waals surface area contributed by atoms with Gasteiger partial charge in [0.1, 0.15) is 0 Å². The number of nitrogens with zero attached hydrogens (tertiary/aromatic N) is 1. The molecular weight excluding hydrogens is 307 g/mol. The van der Waals surface area contributed by atoms with E-state index in [2.05, 4.69) is 5.16 Å². The molecule has 2 N–H and O–H groups in total. The Labute approximate surface area is 133 Å². The number of aromatic nitrogens is 1. The lowest BCUT2D eigenvalue weighted by Crippen LogP contribution is -1.92. The van der Waals surface area contributed by atoms with E-state index in [1.165, 1.54) is 25.7 Å². The van der Waals surface area contributed by atoms with E-state index in [0.29, 0.717) is 21.8 Å². The van der Waals surface area contributed by atoms with Gasteiger partial charge in [0, 0.05) is 16.5 Å². The summed E-state index contributed by atoms with van der Waals surface area (Å²) in [6, 6.07) is 5.44. The molecular formula is C16H16Cl2N2O. The fraction of sp³-hybridized carbons (Fsp3) is 0.438. The van der Waals surface area contributed by atoms with Crippen LogP contribution in [0.25, 0.3) is 11.1 Å². The quantitative estimate of drug-likeness (QED) is 0.833. The van der Waals surface area contributed by atoms with Gasteiger partial charge in [-0.3, -0.25) is 0 Å². The van der Waals surface area contributed by atoms with E-state index in [4.69, 9.17) is 33.5 Å². The highest BCUT2D eigenvalue weighted by Crippen LogP contribution is 2.62. The summed E-state index contributed by atoms with van der Waals surface area (Å²) in [6.07, 6.45) is 5.22. The Morgan fingerprint density at radius 3 is 2.52 bits per heavy atom. The molecule has 0 spiro atoms. The summed E-state index contributed by atoms with van der Waals surface area (Å²) < 4.78 is 5.28. The summed E-state index contributed by atoms with van der Waals surface area (Å²) in [5, 5.41) is 5.45. The van der Waals surface area contributed by atoms with Crippen molar-refractivity contribution < 1.29 is 4.52 Å². The van der Waals surface area contributed by atoms with Crippen molar-refractivity contribution in [2.45, 2.75) is 31.6 Å². The molecule has 0 radical (unpaired) electrons. The number of rotatable bonds is 2. The Balaban J connectivity index is 1.77. The summed E-state index contributed by atoms with van der Waals surface area (Å²) in [6.45, 7) is 0. The first kappa shape index (κ1) is 13.5. The largest absolute Gasteiger partial charge is 0.367 e. The van der Waals surface area contributed by atoms with E-state index in [-0.39, 0.29) is 0 Å². The molecule has 3 nitrogen and oxygen atoms in total. The van der Waals surface area contributed by atoms with Crippen molar-refractivity contribution in [3.8, 4) is 11.1 Å². The zero-order chi connectivity index (χ0) is 14.6. The number of hydrogen-bond donors (Lipinski definition) is 1. The molecule has 0 amide bonds. The van der Waals surface area contributed by atoms with Crippen LogP contribution in [0, 0.1) is 11.8 Å². The van der Waals surface area contributed by atoms with Crippen LogP contribution < -0.4 is 5.73 Å². The summed E-state index contributed by atoms with van der Waals surface area (Å²) in [4.78, 5) is 0. The molecule has 2 fully saturated rings. The summed E-state index contributed by atoms with van der Waals surface area (Å²) >= 11 is 12.3. The number of nitrogens with two attached hydrogens (primary N) is 1. The van der Waals surface area contributed by atoms with E-state index in [9.17, 15) is 0 Å². The average molecular weight is 323 g/mol. The summed E-state index contributed by atoms with van der Waals surface area (Å²) in [5.41, 5.74) is 8.71. The monoisotopic (exact) mass is 322 g/mol. The molecule has 0 saturated heterocycles. The first-order chi connectivity index (χ1) is 10.2. The van der Waals surface area contributed by atoms with Crippen LogP contribution in [-0.2, 0) is 0 Å². The number of anilines is 1. The fourth-order valence-corrected chi connectivity index (χ4v) is 4.41. The molecule has 2 saturated carbocycles. The zero-order valence-corrected chi connectivity index (χ0v) is 13.0. The molecule has 0 aliphatic heterocycles. The molecule has 0 bridgehead atoms. The molecule has 1 aromatic carbocycles. The van der Waals surface area contributed by atoms with Crippen LogP contribution >= 0.6 is 23.2 Å². The van der Waals surface area contributed by atoms with E-state index < -0.39 is 0 Å². The van der Waals surface area contributed by atoms with Gasteiger partial charge in [0.25, 0.3) is 0 Å². The maximum atomic E-state index is 6.33. The lowest BCUT2D eigenvalue weighted by Gasteiger charge is -2.05. The predicted octanol–water partition coefficient (Wildman–Crippen LogP) is 5.13. The fourth-order valence-electron chi connectivity index (χ4n) is 3.90. The van der Waals surface area contributed by atoms with Crippen LogP contribution in [-0.4, -0.2) is 5.16 Å². The van der Waals surface area contributed by atoms with Crippen LogP contribution in [0.5, 0.6) is 0 Å². The lowest BCUT2D eigenvalue weighted by molar-refractivity contribution is 0.426. The van der Waals surface area contributed by atoms with E-state index in [0.717, 1.165) is 28.7 Å². The van der Waals surface area contributed by atoms with E-state index in [1.54, 1.807) is 6.07 Å². The van der Waals surface area contributed by atoms with Crippen LogP contribution in [0.15, 0.2) is 22.7 Å². The molecule has 5 heteroatoms. The molecule has 21 heavy (non-hydrogen) atoms. The zero-order valence-electron chi connectivity index (χ0n) is 11.5. The third-order valence-electron chi connectivity index (χ3n) is 4.92. The smallest absolute Gasteiger partial charge is 0.230 e. The average Bonchev–Trinajstić information content (AvgIpc) is 3.08. The minimum atomic E-state index is 0.345. The predicted molar refractivity (Wildman–Crippen MR) is 84.6 cm³/mol. The standard InChI is InChI=1S/C16H16Cl2N2O/c17-8-5-6-11(12(18)7-8)14-15(20-21-16(14)19)13-9-3-1-2-4-10(9)13/h5-7,9-10,13H,1-4,19H2. The number of hydrogen-bond acceptors (Lipinski definition) is 3. The number of nitrogen functional groups attached to an aromatic ring is 1. The van der Waals surface area contributed by atoms with Gasteiger partial charge in [-0.15, -0.1) is 0 Å². The minimum Gasteiger partial charge on any atom is -0.367 e. The first-order valence-corrected chi connectivity index (χ1v) is 8.13. The van der Waals surface area contributed by atoms with Crippen molar-refractivity contribution in [3.63, 3.8) is 0 Å². The second kappa shape index (κ2) is 4.92. The molecule has 2 aromatic rings. The highest BCUT2D eigenvalue weighted by molar-refractivity contribution is 6.36. The summed E-state index contributed by atoms with van der Waals surface area (Å²) in [5.74, 6) is 2.31. The number of halogens is 2. The van der Waals surface area contributed by atoms with E-state index in [1.807, 2.05) is 12.1 Å². The normalized spacial score (nSPS) is 27.4. The lowest BCUT2D eigenvalue weighted by atomic mass is 10.0. The Hall–Kier alpha value is -1.19. The maximum absolute atomic E-state index is 6.33. The summed E-state index contributed by atoms with van der Waals surface area (Å²) in [7, 11) is 0. The second-order valence-electron chi connectivity index (χ2n) is 6.07. The van der Waals surface area contributed by atoms with Crippen molar-refractivity contribution >= 4 is 29.1 Å². The Kier molecular flexibility index (Phi) is 3.16. The molecule has 2 unspecified atom stereocenters. The topological polar surface area (TPSA) is 52.0 Å². The third-order valence-corrected chi connectivity index (χ3v) is 5.47. The molecule has 1 aromatic heterocycles. The Morgan fingerprint density at radius 1 is 1.14 bits per heavy atom. The van der Waals surface area contributed by atoms with Gasteiger partial charge in [-0.25, -0.2) is 0 Å². The van der Waals surface area contributed by atoms with Gasteiger partial charge in [-0.2, -0.15) is 0 Å².